The summed E-state index contributed by atoms with van der Waals surface area (Å²) in [6, 6.07) is 9.16. The normalized spacial score (nSPS) is 10.8. The number of rotatable bonds is 3. The van der Waals surface area contributed by atoms with Gasteiger partial charge in [0.25, 0.3) is 0 Å². The van der Waals surface area contributed by atoms with E-state index in [1.165, 1.54) is 0 Å². The number of carbonyl (C=O) groups is 1. The van der Waals surface area contributed by atoms with Crippen molar-refractivity contribution in [3.05, 3.63) is 35.9 Å². The van der Waals surface area contributed by atoms with Crippen molar-refractivity contribution in [2.45, 2.75) is 6.92 Å². The maximum Gasteiger partial charge on any atom is 0.342 e. The predicted molar refractivity (Wildman–Crippen MR) is 82.0 cm³/mol. The minimum atomic E-state index is -0.542. The van der Waals surface area contributed by atoms with Crippen LogP contribution >= 0.6 is 0 Å². The summed E-state index contributed by atoms with van der Waals surface area (Å²) in [6.07, 6.45) is 0. The Bertz CT molecular complexity index is 843. The number of hydrogen-bond donors (Lipinski definition) is 2. The van der Waals surface area contributed by atoms with Crippen LogP contribution in [0.4, 0.5) is 11.8 Å². The number of nitrogens with two attached hydrogens (primary N) is 2. The van der Waals surface area contributed by atoms with Crippen LogP contribution in [0.15, 0.2) is 34.7 Å². The van der Waals surface area contributed by atoms with Crippen LogP contribution in [0.1, 0.15) is 17.3 Å². The average Bonchev–Trinajstić information content (AvgIpc) is 2.88. The third kappa shape index (κ3) is 2.22. The first-order chi connectivity index (χ1) is 10.6. The summed E-state index contributed by atoms with van der Waals surface area (Å²) in [7, 11) is 0. The van der Waals surface area contributed by atoms with Crippen LogP contribution in [0.3, 0.4) is 0 Å². The molecule has 0 fully saturated rings. The third-order valence-corrected chi connectivity index (χ3v) is 3.11. The lowest BCUT2D eigenvalue weighted by atomic mass is 10.1. The molecule has 2 aromatic heterocycles. The van der Waals surface area contributed by atoms with Crippen molar-refractivity contribution in [3.8, 4) is 11.3 Å². The van der Waals surface area contributed by atoms with Crippen LogP contribution in [0.5, 0.6) is 0 Å². The zero-order valence-electron chi connectivity index (χ0n) is 11.9. The summed E-state index contributed by atoms with van der Waals surface area (Å²) in [5.74, 6) is -0.147. The Hall–Kier alpha value is -3.09. The molecule has 0 atom stereocenters. The van der Waals surface area contributed by atoms with E-state index in [0.29, 0.717) is 16.7 Å². The third-order valence-electron chi connectivity index (χ3n) is 3.11. The molecule has 7 nitrogen and oxygen atoms in total. The van der Waals surface area contributed by atoms with Gasteiger partial charge in [0.2, 0.25) is 11.7 Å². The minimum absolute atomic E-state index is 0.0197. The average molecular weight is 298 g/mol. The highest BCUT2D eigenvalue weighted by atomic mass is 16.5. The van der Waals surface area contributed by atoms with Gasteiger partial charge < -0.3 is 20.6 Å². The molecule has 0 unspecified atom stereocenters. The number of nitrogen functional groups attached to an aromatic ring is 2. The Labute approximate surface area is 125 Å². The minimum Gasteiger partial charge on any atom is -0.462 e. The molecular weight excluding hydrogens is 284 g/mol. The molecule has 4 N–H and O–H groups in total. The SMILES string of the molecule is CCOC(=O)c1c(-c2ccccc2)oc2nc(N)nc(N)c12. The molecule has 0 saturated carbocycles. The van der Waals surface area contributed by atoms with Gasteiger partial charge in [0.15, 0.2) is 5.76 Å². The number of hydrogen-bond acceptors (Lipinski definition) is 7. The van der Waals surface area contributed by atoms with Gasteiger partial charge >= 0.3 is 5.97 Å². The van der Waals surface area contributed by atoms with Gasteiger partial charge in [-0.2, -0.15) is 9.97 Å². The van der Waals surface area contributed by atoms with Crippen LogP contribution in [-0.2, 0) is 4.74 Å². The summed E-state index contributed by atoms with van der Waals surface area (Å²) in [5, 5.41) is 0.312. The quantitative estimate of drug-likeness (QED) is 0.712. The van der Waals surface area contributed by atoms with E-state index in [9.17, 15) is 4.79 Å². The number of fused-ring (bicyclic) bond motifs is 1. The maximum atomic E-state index is 12.3. The van der Waals surface area contributed by atoms with Crippen molar-refractivity contribution < 1.29 is 13.9 Å². The van der Waals surface area contributed by atoms with Gasteiger partial charge in [0.1, 0.15) is 11.4 Å². The highest BCUT2D eigenvalue weighted by Gasteiger charge is 2.26. The molecule has 0 radical (unpaired) electrons. The number of ether oxygens (including phenoxy) is 1. The van der Waals surface area contributed by atoms with Crippen molar-refractivity contribution in [2.24, 2.45) is 0 Å². The van der Waals surface area contributed by atoms with Crippen molar-refractivity contribution in [3.63, 3.8) is 0 Å². The van der Waals surface area contributed by atoms with Crippen LogP contribution in [0, 0.1) is 0 Å². The highest BCUT2D eigenvalue weighted by molar-refractivity contribution is 6.11. The molecule has 3 rings (SSSR count). The van der Waals surface area contributed by atoms with Crippen LogP contribution in [0.25, 0.3) is 22.4 Å². The van der Waals surface area contributed by atoms with E-state index in [2.05, 4.69) is 9.97 Å². The second kappa shape index (κ2) is 5.36. The van der Waals surface area contributed by atoms with Gasteiger partial charge in [-0.15, -0.1) is 0 Å². The molecule has 22 heavy (non-hydrogen) atoms. The number of nitrogens with zero attached hydrogens (tertiary/aromatic N) is 2. The highest BCUT2D eigenvalue weighted by Crippen LogP contribution is 2.35. The van der Waals surface area contributed by atoms with E-state index in [-0.39, 0.29) is 29.7 Å². The molecule has 112 valence electrons. The molecular formula is C15H14N4O3. The first-order valence-electron chi connectivity index (χ1n) is 6.69. The van der Waals surface area contributed by atoms with Crippen molar-refractivity contribution in [2.75, 3.05) is 18.1 Å². The second-order valence-electron chi connectivity index (χ2n) is 4.54. The summed E-state index contributed by atoms with van der Waals surface area (Å²) >= 11 is 0. The number of aromatic nitrogens is 2. The number of carbonyl (C=O) groups excluding carboxylic acids is 1. The molecule has 1 aromatic carbocycles. The van der Waals surface area contributed by atoms with Gasteiger partial charge in [0.05, 0.1) is 12.0 Å². The fraction of sp³-hybridized carbons (Fsp3) is 0.133. The van der Waals surface area contributed by atoms with Crippen molar-refractivity contribution in [1.82, 2.24) is 9.97 Å². The standard InChI is InChI=1S/C15H14N4O3/c1-2-21-14(20)9-10-12(16)18-15(17)19-13(10)22-11(9)8-6-4-3-5-7-8/h3-7H,2H2,1H3,(H4,16,17,18,19). The fourth-order valence-electron chi connectivity index (χ4n) is 2.23. The Morgan fingerprint density at radius 2 is 1.95 bits per heavy atom. The number of benzene rings is 1. The van der Waals surface area contributed by atoms with E-state index < -0.39 is 5.97 Å². The zero-order valence-corrected chi connectivity index (χ0v) is 11.9. The van der Waals surface area contributed by atoms with Crippen LogP contribution < -0.4 is 11.5 Å². The lowest BCUT2D eigenvalue weighted by Gasteiger charge is -2.03. The molecule has 0 aliphatic rings. The predicted octanol–water partition coefficient (Wildman–Crippen LogP) is 2.23. The monoisotopic (exact) mass is 298 g/mol. The zero-order chi connectivity index (χ0) is 15.7. The lowest BCUT2D eigenvalue weighted by Crippen LogP contribution is -2.07. The van der Waals surface area contributed by atoms with Gasteiger partial charge in [-0.05, 0) is 6.92 Å². The molecule has 0 amide bonds. The van der Waals surface area contributed by atoms with E-state index >= 15 is 0 Å². The lowest BCUT2D eigenvalue weighted by molar-refractivity contribution is 0.0528. The van der Waals surface area contributed by atoms with Crippen molar-refractivity contribution >= 4 is 28.8 Å². The molecule has 0 saturated heterocycles. The van der Waals surface area contributed by atoms with Gasteiger partial charge in [-0.1, -0.05) is 30.3 Å². The summed E-state index contributed by atoms with van der Waals surface area (Å²) < 4.78 is 10.8. The van der Waals surface area contributed by atoms with Gasteiger partial charge in [-0.3, -0.25) is 0 Å². The van der Waals surface area contributed by atoms with E-state index in [1.54, 1.807) is 6.92 Å². The fourth-order valence-corrected chi connectivity index (χ4v) is 2.23. The Kier molecular flexibility index (Phi) is 3.38. The number of anilines is 2. The molecule has 3 aromatic rings. The smallest absolute Gasteiger partial charge is 0.342 e. The Balaban J connectivity index is 2.34. The van der Waals surface area contributed by atoms with Gasteiger partial charge in [-0.25, -0.2) is 4.79 Å². The van der Waals surface area contributed by atoms with E-state index in [1.807, 2.05) is 30.3 Å². The summed E-state index contributed by atoms with van der Waals surface area (Å²) in [4.78, 5) is 20.2. The maximum absolute atomic E-state index is 12.3. The molecule has 0 bridgehead atoms. The largest absolute Gasteiger partial charge is 0.462 e. The van der Waals surface area contributed by atoms with Gasteiger partial charge in [0, 0.05) is 5.56 Å². The Morgan fingerprint density at radius 1 is 1.23 bits per heavy atom. The Morgan fingerprint density at radius 3 is 2.64 bits per heavy atom. The first kappa shape index (κ1) is 13.9. The topological polar surface area (TPSA) is 117 Å². The number of furan rings is 1. The van der Waals surface area contributed by atoms with E-state index in [0.717, 1.165) is 0 Å². The first-order valence-corrected chi connectivity index (χ1v) is 6.69. The van der Waals surface area contributed by atoms with Crippen LogP contribution in [0.2, 0.25) is 0 Å². The molecule has 0 spiro atoms. The van der Waals surface area contributed by atoms with Crippen molar-refractivity contribution in [1.29, 1.82) is 0 Å². The number of esters is 1. The summed E-state index contributed by atoms with van der Waals surface area (Å²) in [5.41, 5.74) is 12.5. The van der Waals surface area contributed by atoms with E-state index in [4.69, 9.17) is 20.6 Å². The second-order valence-corrected chi connectivity index (χ2v) is 4.54. The molecule has 0 aliphatic carbocycles. The van der Waals surface area contributed by atoms with Crippen LogP contribution in [-0.4, -0.2) is 22.5 Å². The molecule has 0 aliphatic heterocycles. The molecule has 7 heteroatoms. The summed E-state index contributed by atoms with van der Waals surface area (Å²) in [6.45, 7) is 1.95. The molecule has 2 heterocycles.